The Balaban J connectivity index is 1.48. The Morgan fingerprint density at radius 3 is 2.68 bits per heavy atom. The van der Waals surface area contributed by atoms with Gasteiger partial charge in [-0.3, -0.25) is 19.3 Å². The average Bonchev–Trinajstić information content (AvgIpc) is 3.24. The Hall–Kier alpha value is -2.69. The molecule has 3 amide bonds. The van der Waals surface area contributed by atoms with Crippen LogP contribution in [0.5, 0.6) is 5.75 Å². The molecule has 0 spiro atoms. The van der Waals surface area contributed by atoms with Crippen molar-refractivity contribution in [3.8, 4) is 5.75 Å². The van der Waals surface area contributed by atoms with E-state index < -0.39 is 11.8 Å². The summed E-state index contributed by atoms with van der Waals surface area (Å²) in [5.41, 5.74) is 0.338. The van der Waals surface area contributed by atoms with E-state index in [1.54, 1.807) is 36.3 Å². The number of morpholine rings is 1. The largest absolute Gasteiger partial charge is 0.482 e. The fourth-order valence-electron chi connectivity index (χ4n) is 3.54. The van der Waals surface area contributed by atoms with E-state index in [0.717, 1.165) is 19.5 Å². The van der Waals surface area contributed by atoms with E-state index in [4.69, 9.17) is 14.2 Å². The molecular formula is C21H30N4O6. The Bertz CT molecular complexity index is 768. The van der Waals surface area contributed by atoms with Crippen molar-refractivity contribution < 1.29 is 28.6 Å². The molecular weight excluding hydrogens is 404 g/mol. The van der Waals surface area contributed by atoms with E-state index in [9.17, 15) is 14.4 Å². The first-order valence-electron chi connectivity index (χ1n) is 10.5. The molecule has 31 heavy (non-hydrogen) atoms. The number of likely N-dealkylation sites (tertiary alicyclic amines) is 1. The van der Waals surface area contributed by atoms with Crippen molar-refractivity contribution in [3.05, 3.63) is 24.3 Å². The zero-order valence-corrected chi connectivity index (χ0v) is 17.8. The summed E-state index contributed by atoms with van der Waals surface area (Å²) in [6, 6.07) is 6.64. The molecule has 0 bridgehead atoms. The summed E-state index contributed by atoms with van der Waals surface area (Å²) in [4.78, 5) is 40.9. The fraction of sp³-hybridized carbons (Fsp3) is 0.571. The van der Waals surface area contributed by atoms with Gasteiger partial charge in [0, 0.05) is 45.9 Å². The second-order valence-corrected chi connectivity index (χ2v) is 7.48. The number of carbonyl (C=O) groups excluding carboxylic acids is 3. The summed E-state index contributed by atoms with van der Waals surface area (Å²) in [5.74, 6) is -1.29. The number of methoxy groups -OCH3 is 1. The molecule has 10 heteroatoms. The smallest absolute Gasteiger partial charge is 0.313 e. The zero-order chi connectivity index (χ0) is 22.1. The van der Waals surface area contributed by atoms with Gasteiger partial charge in [-0.05, 0) is 18.6 Å². The van der Waals surface area contributed by atoms with Crippen LogP contribution in [0, 0.1) is 0 Å². The van der Waals surface area contributed by atoms with Gasteiger partial charge < -0.3 is 29.7 Å². The summed E-state index contributed by atoms with van der Waals surface area (Å²) >= 11 is 0. The minimum atomic E-state index is -0.772. The first-order chi connectivity index (χ1) is 15.1. The molecule has 2 fully saturated rings. The van der Waals surface area contributed by atoms with Crippen molar-refractivity contribution in [2.24, 2.45) is 0 Å². The van der Waals surface area contributed by atoms with Gasteiger partial charge in [0.05, 0.1) is 25.5 Å². The molecule has 2 saturated heterocycles. The molecule has 0 aliphatic carbocycles. The number of carbonyl (C=O) groups is 3. The second-order valence-electron chi connectivity index (χ2n) is 7.48. The lowest BCUT2D eigenvalue weighted by atomic mass is 10.2. The highest BCUT2D eigenvalue weighted by molar-refractivity contribution is 6.39. The minimum Gasteiger partial charge on any atom is -0.482 e. The third-order valence-corrected chi connectivity index (χ3v) is 5.28. The van der Waals surface area contributed by atoms with E-state index >= 15 is 0 Å². The molecule has 170 valence electrons. The van der Waals surface area contributed by atoms with Gasteiger partial charge >= 0.3 is 11.8 Å². The van der Waals surface area contributed by atoms with Gasteiger partial charge in [0.1, 0.15) is 5.75 Å². The van der Waals surface area contributed by atoms with Crippen molar-refractivity contribution in [2.45, 2.75) is 12.5 Å². The number of para-hydroxylation sites is 2. The number of nitrogens with zero attached hydrogens (tertiary/aromatic N) is 2. The van der Waals surface area contributed by atoms with Crippen LogP contribution in [0.25, 0.3) is 0 Å². The third kappa shape index (κ3) is 6.91. The van der Waals surface area contributed by atoms with Crippen LogP contribution in [-0.2, 0) is 23.9 Å². The van der Waals surface area contributed by atoms with Crippen molar-refractivity contribution in [2.75, 3.05) is 71.6 Å². The molecule has 1 aromatic carbocycles. The van der Waals surface area contributed by atoms with Crippen molar-refractivity contribution in [1.82, 2.24) is 15.1 Å². The lowest BCUT2D eigenvalue weighted by Gasteiger charge is -2.26. The van der Waals surface area contributed by atoms with E-state index in [1.165, 1.54) is 0 Å². The number of amides is 3. The number of hydrogen-bond acceptors (Lipinski definition) is 7. The highest BCUT2D eigenvalue weighted by Gasteiger charge is 2.26. The highest BCUT2D eigenvalue weighted by atomic mass is 16.5. The monoisotopic (exact) mass is 434 g/mol. The van der Waals surface area contributed by atoms with E-state index in [2.05, 4.69) is 15.5 Å². The summed E-state index contributed by atoms with van der Waals surface area (Å²) in [6.07, 6.45) is 0.784. The first-order valence-corrected chi connectivity index (χ1v) is 10.5. The molecule has 2 aliphatic heterocycles. The summed E-state index contributed by atoms with van der Waals surface area (Å²) in [6.45, 7) is 4.90. The second kappa shape index (κ2) is 11.6. The van der Waals surface area contributed by atoms with Gasteiger partial charge in [-0.25, -0.2) is 0 Å². The topological polar surface area (TPSA) is 109 Å². The minimum absolute atomic E-state index is 0.0762. The summed E-state index contributed by atoms with van der Waals surface area (Å²) in [5, 5.41) is 5.35. The van der Waals surface area contributed by atoms with Crippen molar-refractivity contribution in [1.29, 1.82) is 0 Å². The third-order valence-electron chi connectivity index (χ3n) is 5.28. The lowest BCUT2D eigenvalue weighted by molar-refractivity contribution is -0.137. The van der Waals surface area contributed by atoms with Gasteiger partial charge in [-0.1, -0.05) is 12.1 Å². The Morgan fingerprint density at radius 2 is 1.90 bits per heavy atom. The zero-order valence-electron chi connectivity index (χ0n) is 17.8. The number of nitrogens with one attached hydrogen (secondary N) is 2. The summed E-state index contributed by atoms with van der Waals surface area (Å²) in [7, 11) is 1.65. The molecule has 2 heterocycles. The molecule has 0 saturated carbocycles. The highest BCUT2D eigenvalue weighted by Crippen LogP contribution is 2.23. The normalized spacial score (nSPS) is 19.1. The number of benzene rings is 1. The van der Waals surface area contributed by atoms with Crippen molar-refractivity contribution in [3.63, 3.8) is 0 Å². The van der Waals surface area contributed by atoms with Gasteiger partial charge in [0.2, 0.25) is 0 Å². The standard InChI is InChI=1S/C21H30N4O6/c1-29-11-8-24-7-6-16(14-24)22-20(27)21(28)23-17-4-2-3-5-18(17)31-15-19(26)25-9-12-30-13-10-25/h2-5,16H,6-15H2,1H3,(H,22,27)(H,23,28). The van der Waals surface area contributed by atoms with Crippen LogP contribution < -0.4 is 15.4 Å². The molecule has 3 rings (SSSR count). The number of ether oxygens (including phenoxy) is 3. The Kier molecular flexibility index (Phi) is 8.63. The molecule has 0 aromatic heterocycles. The predicted octanol–water partition coefficient (Wildman–Crippen LogP) is -0.300. The van der Waals surface area contributed by atoms with Crippen LogP contribution in [0.3, 0.4) is 0 Å². The fourth-order valence-corrected chi connectivity index (χ4v) is 3.54. The Labute approximate surface area is 181 Å². The quantitative estimate of drug-likeness (QED) is 0.541. The Morgan fingerprint density at radius 1 is 1.13 bits per heavy atom. The van der Waals surface area contributed by atoms with Gasteiger partial charge in [-0.15, -0.1) is 0 Å². The molecule has 1 atom stereocenters. The molecule has 1 unspecified atom stereocenters. The van der Waals surface area contributed by atoms with Crippen LogP contribution in [0.1, 0.15) is 6.42 Å². The lowest BCUT2D eigenvalue weighted by Crippen LogP contribution is -2.43. The van der Waals surface area contributed by atoms with Crippen LogP contribution in [0.2, 0.25) is 0 Å². The maximum absolute atomic E-state index is 12.4. The maximum Gasteiger partial charge on any atom is 0.313 e. The van der Waals surface area contributed by atoms with Gasteiger partial charge in [0.25, 0.3) is 5.91 Å². The SMILES string of the molecule is COCCN1CCC(NC(=O)C(=O)Nc2ccccc2OCC(=O)N2CCOCC2)C1. The van der Waals surface area contributed by atoms with Crippen LogP contribution in [-0.4, -0.2) is 99.8 Å². The van der Waals surface area contributed by atoms with E-state index in [1.807, 2.05) is 0 Å². The van der Waals surface area contributed by atoms with Crippen LogP contribution in [0.4, 0.5) is 5.69 Å². The molecule has 2 aliphatic rings. The van der Waals surface area contributed by atoms with Crippen LogP contribution in [0.15, 0.2) is 24.3 Å². The number of rotatable bonds is 8. The molecule has 0 radical (unpaired) electrons. The summed E-state index contributed by atoms with van der Waals surface area (Å²) < 4.78 is 15.9. The van der Waals surface area contributed by atoms with Gasteiger partial charge in [0.15, 0.2) is 6.61 Å². The molecule has 2 N–H and O–H groups in total. The molecule has 1 aromatic rings. The van der Waals surface area contributed by atoms with E-state index in [-0.39, 0.29) is 18.6 Å². The number of hydrogen-bond donors (Lipinski definition) is 2. The van der Waals surface area contributed by atoms with Gasteiger partial charge in [-0.2, -0.15) is 0 Å². The first kappa shape index (κ1) is 23.0. The maximum atomic E-state index is 12.4. The van der Waals surface area contributed by atoms with Crippen LogP contribution >= 0.6 is 0 Å². The average molecular weight is 434 g/mol. The number of anilines is 1. The van der Waals surface area contributed by atoms with Crippen molar-refractivity contribution >= 4 is 23.4 Å². The molecule has 10 nitrogen and oxygen atoms in total. The predicted molar refractivity (Wildman–Crippen MR) is 113 cm³/mol. The van der Waals surface area contributed by atoms with E-state index in [0.29, 0.717) is 50.9 Å².